The number of aromatic nitrogens is 1. The van der Waals surface area contributed by atoms with Gasteiger partial charge in [-0.2, -0.15) is 0 Å². The van der Waals surface area contributed by atoms with Crippen molar-refractivity contribution in [3.8, 4) is 0 Å². The third-order valence-electron chi connectivity index (χ3n) is 4.39. The van der Waals surface area contributed by atoms with Crippen LogP contribution < -0.4 is 10.6 Å². The van der Waals surface area contributed by atoms with E-state index >= 15 is 0 Å². The minimum Gasteiger partial charge on any atom is -0.315 e. The van der Waals surface area contributed by atoms with E-state index in [4.69, 9.17) is 0 Å². The third-order valence-corrected chi connectivity index (χ3v) is 5.38. The average molecular weight is 389 g/mol. The number of amides is 3. The van der Waals surface area contributed by atoms with Crippen molar-refractivity contribution in [3.05, 3.63) is 39.9 Å². The quantitative estimate of drug-likeness (QED) is 0.725. The van der Waals surface area contributed by atoms with Crippen LogP contribution in [0, 0.1) is 27.7 Å². The van der Waals surface area contributed by atoms with Crippen molar-refractivity contribution in [2.45, 2.75) is 47.5 Å². The molecule has 2 rings (SSSR count). The first kappa shape index (κ1) is 20.9. The molecule has 6 nitrogen and oxygen atoms in total. The van der Waals surface area contributed by atoms with Gasteiger partial charge in [0.25, 0.3) is 0 Å². The summed E-state index contributed by atoms with van der Waals surface area (Å²) in [4.78, 5) is 32.2. The van der Waals surface area contributed by atoms with Crippen LogP contribution in [0.2, 0.25) is 0 Å². The number of anilines is 2. The largest absolute Gasteiger partial charge is 0.322 e. The fourth-order valence-corrected chi connectivity index (χ4v) is 3.49. The number of thiazole rings is 1. The molecular weight excluding hydrogens is 360 g/mol. The van der Waals surface area contributed by atoms with E-state index in [-0.39, 0.29) is 18.5 Å². The number of carbonyl (C=O) groups excluding carboxylic acids is 2. The highest BCUT2D eigenvalue weighted by Gasteiger charge is 2.19. The Bertz CT molecular complexity index is 777. The molecule has 1 aromatic heterocycles. The highest BCUT2D eigenvalue weighted by atomic mass is 32.1. The molecule has 2 N–H and O–H groups in total. The molecule has 7 heteroatoms. The highest BCUT2D eigenvalue weighted by Crippen LogP contribution is 2.22. The zero-order valence-corrected chi connectivity index (χ0v) is 17.5. The monoisotopic (exact) mass is 388 g/mol. The number of nitrogens with zero attached hydrogens (tertiary/aromatic N) is 2. The standard InChI is InChI=1S/C20H28N4O2S/c1-6-7-11-24(12-17(25)22-19-21-15(4)16(5)27-19)20(26)23-18-13(2)9-8-10-14(18)3/h8-10H,6-7,11-12H2,1-5H3,(H,23,26)(H,21,22,25). The van der Waals surface area contributed by atoms with E-state index in [1.165, 1.54) is 11.3 Å². The van der Waals surface area contributed by atoms with E-state index in [1.807, 2.05) is 45.9 Å². The van der Waals surface area contributed by atoms with Gasteiger partial charge in [0.05, 0.1) is 5.69 Å². The van der Waals surface area contributed by atoms with Crippen LogP contribution in [-0.4, -0.2) is 34.9 Å². The molecular formula is C20H28N4O2S. The average Bonchev–Trinajstić information content (AvgIpc) is 2.92. The number of unbranched alkanes of at least 4 members (excludes halogenated alkanes) is 1. The number of rotatable bonds is 7. The zero-order valence-electron chi connectivity index (χ0n) is 16.7. The molecule has 0 saturated heterocycles. The Labute approximate surface area is 165 Å². The second-order valence-electron chi connectivity index (χ2n) is 6.68. The Morgan fingerprint density at radius 3 is 2.33 bits per heavy atom. The zero-order chi connectivity index (χ0) is 20.0. The maximum atomic E-state index is 12.8. The second-order valence-corrected chi connectivity index (χ2v) is 7.88. The summed E-state index contributed by atoms with van der Waals surface area (Å²) in [5, 5.41) is 6.33. The number of hydrogen-bond donors (Lipinski definition) is 2. The lowest BCUT2D eigenvalue weighted by atomic mass is 10.1. The molecule has 0 aliphatic rings. The topological polar surface area (TPSA) is 74.3 Å². The molecule has 0 unspecified atom stereocenters. The summed E-state index contributed by atoms with van der Waals surface area (Å²) in [6, 6.07) is 5.61. The number of nitrogens with one attached hydrogen (secondary N) is 2. The fourth-order valence-electron chi connectivity index (χ4n) is 2.66. The molecule has 0 aliphatic heterocycles. The van der Waals surface area contributed by atoms with Gasteiger partial charge in [-0.3, -0.25) is 4.79 Å². The minimum absolute atomic E-state index is 0.00552. The van der Waals surface area contributed by atoms with Gasteiger partial charge in [-0.05, 0) is 45.2 Å². The predicted octanol–water partition coefficient (Wildman–Crippen LogP) is 4.65. The predicted molar refractivity (Wildman–Crippen MR) is 112 cm³/mol. The summed E-state index contributed by atoms with van der Waals surface area (Å²) in [7, 11) is 0. The summed E-state index contributed by atoms with van der Waals surface area (Å²) in [6.45, 7) is 10.4. The molecule has 0 spiro atoms. The van der Waals surface area contributed by atoms with E-state index in [0.29, 0.717) is 11.7 Å². The summed E-state index contributed by atoms with van der Waals surface area (Å²) >= 11 is 1.44. The summed E-state index contributed by atoms with van der Waals surface area (Å²) < 4.78 is 0. The van der Waals surface area contributed by atoms with Crippen molar-refractivity contribution in [2.24, 2.45) is 0 Å². The number of carbonyl (C=O) groups is 2. The van der Waals surface area contributed by atoms with Crippen LogP contribution in [0.3, 0.4) is 0 Å². The summed E-state index contributed by atoms with van der Waals surface area (Å²) in [5.41, 5.74) is 3.70. The van der Waals surface area contributed by atoms with Gasteiger partial charge < -0.3 is 15.5 Å². The van der Waals surface area contributed by atoms with Crippen molar-refractivity contribution in [2.75, 3.05) is 23.7 Å². The molecule has 0 radical (unpaired) electrons. The Morgan fingerprint density at radius 2 is 1.78 bits per heavy atom. The van der Waals surface area contributed by atoms with E-state index in [0.717, 1.165) is 40.2 Å². The third kappa shape index (κ3) is 5.79. The minimum atomic E-state index is -0.262. The SMILES string of the molecule is CCCCN(CC(=O)Nc1nc(C)c(C)s1)C(=O)Nc1c(C)cccc1C. The fraction of sp³-hybridized carbons (Fsp3) is 0.450. The molecule has 146 valence electrons. The van der Waals surface area contributed by atoms with E-state index in [1.54, 1.807) is 4.90 Å². The lowest BCUT2D eigenvalue weighted by molar-refractivity contribution is -0.116. The molecule has 0 saturated carbocycles. The van der Waals surface area contributed by atoms with E-state index < -0.39 is 0 Å². The maximum Gasteiger partial charge on any atom is 0.322 e. The molecule has 1 aromatic carbocycles. The van der Waals surface area contributed by atoms with Gasteiger partial charge in [0.2, 0.25) is 5.91 Å². The van der Waals surface area contributed by atoms with E-state index in [2.05, 4.69) is 22.5 Å². The first-order chi connectivity index (χ1) is 12.8. The van der Waals surface area contributed by atoms with Crippen molar-refractivity contribution in [1.29, 1.82) is 0 Å². The van der Waals surface area contributed by atoms with Crippen LogP contribution in [-0.2, 0) is 4.79 Å². The second kappa shape index (κ2) is 9.50. The molecule has 0 aliphatic carbocycles. The van der Waals surface area contributed by atoms with Crippen LogP contribution in [0.15, 0.2) is 18.2 Å². The molecule has 27 heavy (non-hydrogen) atoms. The van der Waals surface area contributed by atoms with Crippen molar-refractivity contribution in [1.82, 2.24) is 9.88 Å². The van der Waals surface area contributed by atoms with Crippen LogP contribution >= 0.6 is 11.3 Å². The number of aryl methyl sites for hydroxylation is 4. The molecule has 0 fully saturated rings. The lowest BCUT2D eigenvalue weighted by Crippen LogP contribution is -2.41. The molecule has 2 aromatic rings. The maximum absolute atomic E-state index is 12.8. The van der Waals surface area contributed by atoms with Crippen LogP contribution in [0.25, 0.3) is 0 Å². The van der Waals surface area contributed by atoms with Crippen LogP contribution in [0.1, 0.15) is 41.5 Å². The van der Waals surface area contributed by atoms with Gasteiger partial charge in [-0.1, -0.05) is 31.5 Å². The van der Waals surface area contributed by atoms with Gasteiger partial charge in [0.1, 0.15) is 6.54 Å². The van der Waals surface area contributed by atoms with Crippen LogP contribution in [0.4, 0.5) is 15.6 Å². The number of para-hydroxylation sites is 1. The van der Waals surface area contributed by atoms with Gasteiger partial charge in [0, 0.05) is 17.1 Å². The first-order valence-electron chi connectivity index (χ1n) is 9.17. The highest BCUT2D eigenvalue weighted by molar-refractivity contribution is 7.15. The van der Waals surface area contributed by atoms with Crippen molar-refractivity contribution in [3.63, 3.8) is 0 Å². The van der Waals surface area contributed by atoms with Gasteiger partial charge >= 0.3 is 6.03 Å². The normalized spacial score (nSPS) is 10.6. The molecule has 3 amide bonds. The number of hydrogen-bond acceptors (Lipinski definition) is 4. The van der Waals surface area contributed by atoms with E-state index in [9.17, 15) is 9.59 Å². The van der Waals surface area contributed by atoms with Crippen molar-refractivity contribution < 1.29 is 9.59 Å². The smallest absolute Gasteiger partial charge is 0.315 e. The number of benzene rings is 1. The van der Waals surface area contributed by atoms with Gasteiger partial charge in [-0.15, -0.1) is 11.3 Å². The number of urea groups is 1. The Balaban J connectivity index is 2.06. The summed E-state index contributed by atoms with van der Waals surface area (Å²) in [6.07, 6.45) is 1.78. The van der Waals surface area contributed by atoms with Gasteiger partial charge in [0.15, 0.2) is 5.13 Å². The molecule has 0 bridgehead atoms. The lowest BCUT2D eigenvalue weighted by Gasteiger charge is -2.23. The molecule has 1 heterocycles. The summed E-state index contributed by atoms with van der Waals surface area (Å²) in [5.74, 6) is -0.239. The first-order valence-corrected chi connectivity index (χ1v) is 9.99. The van der Waals surface area contributed by atoms with Crippen LogP contribution in [0.5, 0.6) is 0 Å². The Kier molecular flexibility index (Phi) is 7.36. The Hall–Kier alpha value is -2.41. The van der Waals surface area contributed by atoms with Crippen molar-refractivity contribution >= 4 is 34.1 Å². The Morgan fingerprint density at radius 1 is 1.11 bits per heavy atom. The van der Waals surface area contributed by atoms with Gasteiger partial charge in [-0.25, -0.2) is 9.78 Å². The molecule has 0 atom stereocenters.